The molecule has 0 aliphatic carbocycles. The van der Waals surface area contributed by atoms with Crippen LogP contribution in [0, 0.1) is 5.82 Å². The van der Waals surface area contributed by atoms with Crippen molar-refractivity contribution < 1.29 is 9.18 Å². The van der Waals surface area contributed by atoms with Gasteiger partial charge in [-0.3, -0.25) is 4.79 Å². The number of nitrogens with zero attached hydrogens (tertiary/aromatic N) is 2. The summed E-state index contributed by atoms with van der Waals surface area (Å²) in [5.41, 5.74) is 1.06. The molecule has 3 rings (SSSR count). The molecule has 2 aromatic carbocycles. The number of amides is 1. The second kappa shape index (κ2) is 7.89. The zero-order chi connectivity index (χ0) is 18.7. The lowest BCUT2D eigenvalue weighted by molar-refractivity contribution is -0.121. The van der Waals surface area contributed by atoms with Gasteiger partial charge in [0.15, 0.2) is 0 Å². The van der Waals surface area contributed by atoms with Crippen molar-refractivity contribution in [1.82, 2.24) is 14.9 Å². The monoisotopic (exact) mass is 391 g/mol. The van der Waals surface area contributed by atoms with Crippen molar-refractivity contribution >= 4 is 29.1 Å². The Morgan fingerprint density at radius 1 is 1.23 bits per heavy atom. The SMILES string of the molecule is Cn1ccnc1[C@@H](NC(=O)Cc1ccc(Cl)c(Cl)c1)c1ccccc1F. The fourth-order valence-electron chi connectivity index (χ4n) is 2.69. The lowest BCUT2D eigenvalue weighted by Gasteiger charge is -2.20. The van der Waals surface area contributed by atoms with E-state index in [1.54, 1.807) is 60.4 Å². The molecule has 0 bridgehead atoms. The van der Waals surface area contributed by atoms with Crippen LogP contribution in [0.25, 0.3) is 0 Å². The normalized spacial score (nSPS) is 12.0. The molecule has 1 aromatic heterocycles. The highest BCUT2D eigenvalue weighted by molar-refractivity contribution is 6.42. The third kappa shape index (κ3) is 4.06. The van der Waals surface area contributed by atoms with Gasteiger partial charge in [0.2, 0.25) is 5.91 Å². The predicted octanol–water partition coefficient (Wildman–Crippen LogP) is 4.31. The highest BCUT2D eigenvalue weighted by atomic mass is 35.5. The average molecular weight is 392 g/mol. The Bertz CT molecular complexity index is 942. The Labute approximate surface area is 160 Å². The summed E-state index contributed by atoms with van der Waals surface area (Å²) in [4.78, 5) is 16.8. The van der Waals surface area contributed by atoms with E-state index in [0.717, 1.165) is 0 Å². The first kappa shape index (κ1) is 18.4. The number of imidazole rings is 1. The van der Waals surface area contributed by atoms with Gasteiger partial charge in [0.1, 0.15) is 17.7 Å². The molecule has 0 radical (unpaired) electrons. The van der Waals surface area contributed by atoms with Crippen LogP contribution in [-0.2, 0) is 18.3 Å². The smallest absolute Gasteiger partial charge is 0.225 e. The molecule has 3 aromatic rings. The van der Waals surface area contributed by atoms with Crippen molar-refractivity contribution in [3.63, 3.8) is 0 Å². The Kier molecular flexibility index (Phi) is 5.59. The molecular formula is C19H16Cl2FN3O. The van der Waals surface area contributed by atoms with E-state index < -0.39 is 11.9 Å². The summed E-state index contributed by atoms with van der Waals surface area (Å²) in [6.07, 6.45) is 3.44. The standard InChI is InChI=1S/C19H16Cl2FN3O/c1-25-9-8-23-19(25)18(13-4-2-3-5-16(13)22)24-17(26)11-12-6-7-14(20)15(21)10-12/h2-10,18H,11H2,1H3,(H,24,26)/t18-/m0/s1. The summed E-state index contributed by atoms with van der Waals surface area (Å²) in [5.74, 6) is -0.146. The number of carbonyl (C=O) groups is 1. The molecule has 0 fully saturated rings. The third-order valence-electron chi connectivity index (χ3n) is 3.99. The maximum Gasteiger partial charge on any atom is 0.225 e. The predicted molar refractivity (Wildman–Crippen MR) is 99.8 cm³/mol. The van der Waals surface area contributed by atoms with Crippen LogP contribution < -0.4 is 5.32 Å². The van der Waals surface area contributed by atoms with E-state index >= 15 is 0 Å². The summed E-state index contributed by atoms with van der Waals surface area (Å²) < 4.78 is 16.1. The highest BCUT2D eigenvalue weighted by Gasteiger charge is 2.23. The number of benzene rings is 2. The first-order valence-corrected chi connectivity index (χ1v) is 8.66. The molecule has 4 nitrogen and oxygen atoms in total. The molecule has 0 saturated heterocycles. The van der Waals surface area contributed by atoms with Gasteiger partial charge in [-0.2, -0.15) is 0 Å². The molecule has 0 aliphatic heterocycles. The van der Waals surface area contributed by atoms with Crippen molar-refractivity contribution in [1.29, 1.82) is 0 Å². The average Bonchev–Trinajstić information content (AvgIpc) is 3.03. The molecular weight excluding hydrogens is 376 g/mol. The van der Waals surface area contributed by atoms with Crippen LogP contribution in [0.2, 0.25) is 10.0 Å². The number of hydrogen-bond acceptors (Lipinski definition) is 2. The van der Waals surface area contributed by atoms with E-state index in [1.165, 1.54) is 6.07 Å². The summed E-state index contributed by atoms with van der Waals surface area (Å²) in [5, 5.41) is 3.67. The van der Waals surface area contributed by atoms with E-state index in [-0.39, 0.29) is 12.3 Å². The second-order valence-corrected chi connectivity index (χ2v) is 6.66. The molecule has 1 heterocycles. The first-order chi connectivity index (χ1) is 12.5. The van der Waals surface area contributed by atoms with Gasteiger partial charge in [0, 0.05) is 25.0 Å². The molecule has 1 amide bonds. The van der Waals surface area contributed by atoms with Gasteiger partial charge in [-0.25, -0.2) is 9.37 Å². The van der Waals surface area contributed by atoms with Gasteiger partial charge in [-0.15, -0.1) is 0 Å². The zero-order valence-electron chi connectivity index (χ0n) is 13.9. The van der Waals surface area contributed by atoms with E-state index in [2.05, 4.69) is 10.3 Å². The summed E-state index contributed by atoms with van der Waals surface area (Å²) >= 11 is 11.9. The number of aromatic nitrogens is 2. The summed E-state index contributed by atoms with van der Waals surface area (Å²) in [6, 6.07) is 10.6. The van der Waals surface area contributed by atoms with E-state index in [1.807, 2.05) is 0 Å². The van der Waals surface area contributed by atoms with Crippen LogP contribution in [0.5, 0.6) is 0 Å². The van der Waals surface area contributed by atoms with Crippen LogP contribution in [-0.4, -0.2) is 15.5 Å². The Morgan fingerprint density at radius 3 is 2.65 bits per heavy atom. The van der Waals surface area contributed by atoms with Gasteiger partial charge in [0.25, 0.3) is 0 Å². The molecule has 7 heteroatoms. The van der Waals surface area contributed by atoms with Crippen LogP contribution >= 0.6 is 23.2 Å². The number of nitrogens with one attached hydrogen (secondary N) is 1. The number of rotatable bonds is 5. The van der Waals surface area contributed by atoms with Crippen LogP contribution in [0.15, 0.2) is 54.9 Å². The minimum atomic E-state index is -0.702. The lowest BCUT2D eigenvalue weighted by Crippen LogP contribution is -2.32. The quantitative estimate of drug-likeness (QED) is 0.703. The van der Waals surface area contributed by atoms with E-state index in [9.17, 15) is 9.18 Å². The van der Waals surface area contributed by atoms with Crippen LogP contribution in [0.4, 0.5) is 4.39 Å². The lowest BCUT2D eigenvalue weighted by atomic mass is 10.0. The molecule has 26 heavy (non-hydrogen) atoms. The molecule has 0 aliphatic rings. The van der Waals surface area contributed by atoms with Crippen LogP contribution in [0.3, 0.4) is 0 Å². The van der Waals surface area contributed by atoms with E-state index in [4.69, 9.17) is 23.2 Å². The molecule has 0 saturated carbocycles. The molecule has 0 unspecified atom stereocenters. The van der Waals surface area contributed by atoms with Crippen molar-refractivity contribution in [2.24, 2.45) is 7.05 Å². The number of hydrogen-bond donors (Lipinski definition) is 1. The molecule has 0 spiro atoms. The molecule has 1 N–H and O–H groups in total. The van der Waals surface area contributed by atoms with Crippen molar-refractivity contribution in [3.05, 3.63) is 87.7 Å². The number of aryl methyl sites for hydroxylation is 1. The Morgan fingerprint density at radius 2 is 2.00 bits per heavy atom. The Hall–Kier alpha value is -2.37. The maximum atomic E-state index is 14.3. The van der Waals surface area contributed by atoms with Crippen molar-refractivity contribution in [2.45, 2.75) is 12.5 Å². The van der Waals surface area contributed by atoms with Gasteiger partial charge >= 0.3 is 0 Å². The number of carbonyl (C=O) groups excluding carboxylic acids is 1. The fraction of sp³-hybridized carbons (Fsp3) is 0.158. The van der Waals surface area contributed by atoms with Gasteiger partial charge < -0.3 is 9.88 Å². The van der Waals surface area contributed by atoms with E-state index in [0.29, 0.717) is 27.0 Å². The summed E-state index contributed by atoms with van der Waals surface area (Å²) in [6.45, 7) is 0. The molecule has 134 valence electrons. The Balaban J connectivity index is 1.86. The minimum Gasteiger partial charge on any atom is -0.342 e. The topological polar surface area (TPSA) is 46.9 Å². The van der Waals surface area contributed by atoms with Gasteiger partial charge in [0.05, 0.1) is 16.5 Å². The van der Waals surface area contributed by atoms with Crippen molar-refractivity contribution in [3.8, 4) is 0 Å². The number of halogens is 3. The second-order valence-electron chi connectivity index (χ2n) is 5.84. The third-order valence-corrected chi connectivity index (χ3v) is 4.73. The fourth-order valence-corrected chi connectivity index (χ4v) is 3.01. The van der Waals surface area contributed by atoms with Gasteiger partial charge in [-0.05, 0) is 23.8 Å². The van der Waals surface area contributed by atoms with Crippen LogP contribution in [0.1, 0.15) is 23.0 Å². The maximum absolute atomic E-state index is 14.3. The molecule has 1 atom stereocenters. The zero-order valence-corrected chi connectivity index (χ0v) is 15.4. The first-order valence-electron chi connectivity index (χ1n) is 7.90. The highest BCUT2D eigenvalue weighted by Crippen LogP contribution is 2.25. The van der Waals surface area contributed by atoms with Crippen molar-refractivity contribution in [2.75, 3.05) is 0 Å². The van der Waals surface area contributed by atoms with Gasteiger partial charge in [-0.1, -0.05) is 47.5 Å². The minimum absolute atomic E-state index is 0.0895. The largest absolute Gasteiger partial charge is 0.342 e. The summed E-state index contributed by atoms with van der Waals surface area (Å²) in [7, 11) is 1.79.